The van der Waals surface area contributed by atoms with Gasteiger partial charge in [0.05, 0.1) is 0 Å². The molecule has 0 aliphatic carbocycles. The van der Waals surface area contributed by atoms with Crippen LogP contribution in [0.25, 0.3) is 0 Å². The van der Waals surface area contributed by atoms with Gasteiger partial charge in [-0.25, -0.2) is 17.6 Å². The molecule has 1 heterocycles. The lowest BCUT2D eigenvalue weighted by molar-refractivity contribution is -0.129. The van der Waals surface area contributed by atoms with Crippen molar-refractivity contribution < 1.29 is 22.4 Å². The zero-order chi connectivity index (χ0) is 18.6. The Balaban J connectivity index is 0.00000338. The van der Waals surface area contributed by atoms with Gasteiger partial charge in [-0.05, 0) is 6.42 Å². The van der Waals surface area contributed by atoms with Gasteiger partial charge in [-0.2, -0.15) is 0 Å². The molecule has 2 N–H and O–H groups in total. The van der Waals surface area contributed by atoms with E-state index in [9.17, 15) is 22.4 Å². The van der Waals surface area contributed by atoms with Gasteiger partial charge in [-0.3, -0.25) is 9.79 Å². The minimum absolute atomic E-state index is 0. The second kappa shape index (κ2) is 9.93. The molecule has 1 fully saturated rings. The molecule has 5 nitrogen and oxygen atoms in total. The zero-order valence-electron chi connectivity index (χ0n) is 14.4. The fourth-order valence-corrected chi connectivity index (χ4v) is 2.67. The largest absolute Gasteiger partial charge is 0.352 e. The summed E-state index contributed by atoms with van der Waals surface area (Å²) in [7, 11) is 1.46. The van der Waals surface area contributed by atoms with Crippen molar-refractivity contribution >= 4 is 35.8 Å². The van der Waals surface area contributed by atoms with Gasteiger partial charge in [-0.15, -0.1) is 24.0 Å². The van der Waals surface area contributed by atoms with E-state index in [4.69, 9.17) is 0 Å². The first-order chi connectivity index (χ1) is 11.9. The molecule has 1 amide bonds. The summed E-state index contributed by atoms with van der Waals surface area (Å²) in [6, 6.07) is 0.0969. The molecule has 0 aromatic heterocycles. The van der Waals surface area contributed by atoms with Gasteiger partial charge < -0.3 is 15.5 Å². The standard InChI is InChI=1S/C16H20F4N4O.HI/c1-3-13(25)24-5-4-9(8-24)23-16(21-2)22-7-10-14(19)11(17)6-12(18)15(10)20;/h6,9H,3-5,7-8H2,1-2H3,(H2,21,22,23);1H. The molecule has 10 heteroatoms. The number of hydrogen-bond acceptors (Lipinski definition) is 2. The topological polar surface area (TPSA) is 56.7 Å². The number of likely N-dealkylation sites (tertiary alicyclic amines) is 1. The summed E-state index contributed by atoms with van der Waals surface area (Å²) in [6.45, 7) is 2.41. The van der Waals surface area contributed by atoms with Crippen LogP contribution in [0.4, 0.5) is 17.6 Å². The summed E-state index contributed by atoms with van der Waals surface area (Å²) in [5.41, 5.74) is -0.741. The maximum Gasteiger partial charge on any atom is 0.222 e. The third-order valence-corrected chi connectivity index (χ3v) is 4.04. The summed E-state index contributed by atoms with van der Waals surface area (Å²) >= 11 is 0. The lowest BCUT2D eigenvalue weighted by Gasteiger charge is -2.19. The van der Waals surface area contributed by atoms with Gasteiger partial charge in [0, 0.05) is 50.8 Å². The average Bonchev–Trinajstić information content (AvgIpc) is 3.06. The normalized spacial score (nSPS) is 17.1. The first kappa shape index (κ1) is 22.5. The molecular formula is C16H21F4IN4O. The average molecular weight is 488 g/mol. The second-order valence-corrected chi connectivity index (χ2v) is 5.70. The Labute approximate surface area is 166 Å². The Bertz CT molecular complexity index is 660. The fourth-order valence-electron chi connectivity index (χ4n) is 2.67. The van der Waals surface area contributed by atoms with Crippen LogP contribution in [-0.2, 0) is 11.3 Å². The van der Waals surface area contributed by atoms with Crippen LogP contribution in [-0.4, -0.2) is 42.9 Å². The van der Waals surface area contributed by atoms with E-state index in [-0.39, 0.29) is 48.0 Å². The highest BCUT2D eigenvalue weighted by Gasteiger charge is 2.26. The summed E-state index contributed by atoms with van der Waals surface area (Å²) in [5, 5.41) is 5.65. The van der Waals surface area contributed by atoms with Crippen LogP contribution in [0, 0.1) is 23.3 Å². The van der Waals surface area contributed by atoms with Crippen molar-refractivity contribution in [2.24, 2.45) is 4.99 Å². The first-order valence-corrected chi connectivity index (χ1v) is 7.94. The minimum atomic E-state index is -1.46. The molecule has 0 radical (unpaired) electrons. The second-order valence-electron chi connectivity index (χ2n) is 5.70. The highest BCUT2D eigenvalue weighted by Crippen LogP contribution is 2.19. The molecule has 1 aliphatic rings. The van der Waals surface area contributed by atoms with Crippen LogP contribution in [0.5, 0.6) is 0 Å². The van der Waals surface area contributed by atoms with Crippen LogP contribution in [0.1, 0.15) is 25.3 Å². The summed E-state index contributed by atoms with van der Waals surface area (Å²) < 4.78 is 53.7. The van der Waals surface area contributed by atoms with Crippen molar-refractivity contribution in [2.75, 3.05) is 20.1 Å². The van der Waals surface area contributed by atoms with Crippen LogP contribution in [0.3, 0.4) is 0 Å². The zero-order valence-corrected chi connectivity index (χ0v) is 16.7. The Morgan fingerprint density at radius 1 is 1.27 bits per heavy atom. The molecule has 0 spiro atoms. The van der Waals surface area contributed by atoms with Gasteiger partial charge in [0.25, 0.3) is 0 Å². The Morgan fingerprint density at radius 3 is 2.42 bits per heavy atom. The number of halogens is 5. The van der Waals surface area contributed by atoms with Gasteiger partial charge in [0.2, 0.25) is 5.91 Å². The van der Waals surface area contributed by atoms with Crippen molar-refractivity contribution in [3.8, 4) is 0 Å². The molecule has 1 aromatic carbocycles. The number of hydrogen-bond donors (Lipinski definition) is 2. The molecule has 0 saturated carbocycles. The van der Waals surface area contributed by atoms with E-state index in [2.05, 4.69) is 15.6 Å². The number of amides is 1. The first-order valence-electron chi connectivity index (χ1n) is 7.94. The molecule has 1 aromatic rings. The molecule has 0 bridgehead atoms. The smallest absolute Gasteiger partial charge is 0.222 e. The molecule has 26 heavy (non-hydrogen) atoms. The Kier molecular flexibility index (Phi) is 8.57. The fraction of sp³-hybridized carbons (Fsp3) is 0.500. The van der Waals surface area contributed by atoms with E-state index in [1.54, 1.807) is 11.8 Å². The molecule has 1 aliphatic heterocycles. The van der Waals surface area contributed by atoms with E-state index < -0.39 is 35.4 Å². The number of nitrogens with one attached hydrogen (secondary N) is 2. The molecule has 1 saturated heterocycles. The van der Waals surface area contributed by atoms with Crippen LogP contribution in [0.2, 0.25) is 0 Å². The monoisotopic (exact) mass is 488 g/mol. The van der Waals surface area contributed by atoms with Crippen molar-refractivity contribution in [3.63, 3.8) is 0 Å². The van der Waals surface area contributed by atoms with E-state index >= 15 is 0 Å². The van der Waals surface area contributed by atoms with Gasteiger partial charge >= 0.3 is 0 Å². The van der Waals surface area contributed by atoms with Crippen molar-refractivity contribution in [2.45, 2.75) is 32.4 Å². The predicted molar refractivity (Wildman–Crippen MR) is 100 cm³/mol. The summed E-state index contributed by atoms with van der Waals surface area (Å²) in [4.78, 5) is 17.3. The van der Waals surface area contributed by atoms with Crippen LogP contribution >= 0.6 is 24.0 Å². The van der Waals surface area contributed by atoms with Gasteiger partial charge in [0.15, 0.2) is 29.2 Å². The third-order valence-electron chi connectivity index (χ3n) is 4.04. The highest BCUT2D eigenvalue weighted by molar-refractivity contribution is 14.0. The lowest BCUT2D eigenvalue weighted by Crippen LogP contribution is -2.44. The SMILES string of the molecule is CCC(=O)N1CCC(NC(=NC)NCc2c(F)c(F)cc(F)c2F)C1.I. The van der Waals surface area contributed by atoms with Crippen LogP contribution in [0.15, 0.2) is 11.1 Å². The Morgan fingerprint density at radius 2 is 1.88 bits per heavy atom. The highest BCUT2D eigenvalue weighted by atomic mass is 127. The molecule has 1 unspecified atom stereocenters. The molecule has 1 atom stereocenters. The van der Waals surface area contributed by atoms with Gasteiger partial charge in [-0.1, -0.05) is 6.92 Å². The van der Waals surface area contributed by atoms with E-state index in [1.165, 1.54) is 7.05 Å². The maximum absolute atomic E-state index is 13.7. The number of carbonyl (C=O) groups is 1. The molecular weight excluding hydrogens is 467 g/mol. The minimum Gasteiger partial charge on any atom is -0.352 e. The van der Waals surface area contributed by atoms with Crippen molar-refractivity contribution in [3.05, 3.63) is 34.9 Å². The number of carbonyl (C=O) groups excluding carboxylic acids is 1. The maximum atomic E-state index is 13.7. The lowest BCUT2D eigenvalue weighted by atomic mass is 10.2. The number of benzene rings is 1. The van der Waals surface area contributed by atoms with Crippen molar-refractivity contribution in [1.82, 2.24) is 15.5 Å². The third kappa shape index (κ3) is 5.21. The van der Waals surface area contributed by atoms with E-state index in [0.29, 0.717) is 25.9 Å². The molecule has 2 rings (SSSR count). The number of rotatable bonds is 4. The van der Waals surface area contributed by atoms with Gasteiger partial charge in [0.1, 0.15) is 0 Å². The van der Waals surface area contributed by atoms with E-state index in [0.717, 1.165) is 0 Å². The number of aliphatic imine (C=N–C) groups is 1. The van der Waals surface area contributed by atoms with Crippen molar-refractivity contribution in [1.29, 1.82) is 0 Å². The summed E-state index contributed by atoms with van der Waals surface area (Å²) in [5.74, 6) is -5.53. The quantitative estimate of drug-likeness (QED) is 0.225. The number of nitrogens with zero attached hydrogens (tertiary/aromatic N) is 2. The summed E-state index contributed by atoms with van der Waals surface area (Å²) in [6.07, 6.45) is 1.12. The predicted octanol–water partition coefficient (Wildman–Crippen LogP) is 2.54. The van der Waals surface area contributed by atoms with Crippen LogP contribution < -0.4 is 10.6 Å². The Hall–Kier alpha value is -1.59. The van der Waals surface area contributed by atoms with E-state index in [1.807, 2.05) is 0 Å². The number of guanidine groups is 1. The molecule has 146 valence electrons.